The maximum atomic E-state index is 12.6. The van der Waals surface area contributed by atoms with E-state index in [1.165, 1.54) is 6.07 Å². The molecule has 1 aliphatic heterocycles. The fourth-order valence-electron chi connectivity index (χ4n) is 10.0. The molecule has 8 atom stereocenters. The number of carbonyl (C=O) groups excluding carboxylic acids is 1. The van der Waals surface area contributed by atoms with Crippen LogP contribution >= 0.6 is 0 Å². The molecule has 1 aromatic heterocycles. The Bertz CT molecular complexity index is 1110. The number of hydrogen-bond donors (Lipinski definition) is 2. The monoisotopic (exact) mass is 555 g/mol. The minimum absolute atomic E-state index is 0.173. The highest BCUT2D eigenvalue weighted by molar-refractivity contribution is 5.67. The molecule has 40 heavy (non-hydrogen) atoms. The van der Waals surface area contributed by atoms with E-state index in [9.17, 15) is 14.7 Å². The van der Waals surface area contributed by atoms with Crippen LogP contribution in [0.15, 0.2) is 27.6 Å². The quantitative estimate of drug-likeness (QED) is 0.562. The highest BCUT2D eigenvalue weighted by Gasteiger charge is 2.67. The van der Waals surface area contributed by atoms with Crippen LogP contribution in [0.5, 0.6) is 0 Å². The molecule has 6 rings (SSSR count). The van der Waals surface area contributed by atoms with Crippen LogP contribution in [0.3, 0.4) is 0 Å². The molecule has 1 saturated heterocycles. The lowest BCUT2D eigenvalue weighted by Crippen LogP contribution is -2.62. The van der Waals surface area contributed by atoms with Gasteiger partial charge in [-0.15, -0.1) is 0 Å². The molecular weight excluding hydrogens is 506 g/mol. The van der Waals surface area contributed by atoms with Crippen molar-refractivity contribution < 1.29 is 19.1 Å². The van der Waals surface area contributed by atoms with E-state index in [4.69, 9.17) is 9.15 Å². The predicted molar refractivity (Wildman–Crippen MR) is 153 cm³/mol. The molecule has 2 heterocycles. The second kappa shape index (κ2) is 10.7. The number of aliphatic hydroxyl groups is 1. The normalized spacial score (nSPS) is 42.0. The van der Waals surface area contributed by atoms with Gasteiger partial charge in [-0.05, 0) is 106 Å². The van der Waals surface area contributed by atoms with E-state index in [0.717, 1.165) is 96.1 Å². The highest BCUT2D eigenvalue weighted by atomic mass is 16.5. The SMILES string of the molecule is CN1CCN(CCOC(=O)N[C@H]2CC[C@@]3(C)[C@H](CC[C@@H]4[C@@H]3CC[C@]3(C)[C@@H](c5ccc(=O)oc5)CC[C@]43O)C2)CC1. The van der Waals surface area contributed by atoms with Crippen molar-refractivity contribution in [1.82, 2.24) is 15.1 Å². The van der Waals surface area contributed by atoms with Gasteiger partial charge in [0.05, 0.1) is 11.9 Å². The molecule has 4 saturated carbocycles. The number of piperazine rings is 1. The summed E-state index contributed by atoms with van der Waals surface area (Å²) >= 11 is 0. The van der Waals surface area contributed by atoms with E-state index in [1.807, 2.05) is 6.07 Å². The summed E-state index contributed by atoms with van der Waals surface area (Å²) in [6, 6.07) is 3.60. The number of fused-ring (bicyclic) bond motifs is 5. The van der Waals surface area contributed by atoms with Crippen LogP contribution in [0.1, 0.15) is 83.1 Å². The standard InChI is InChI=1S/C32H49N3O5/c1-30-11-8-24(33-29(37)39-19-18-35-16-14-34(3)15-17-35)20-23(30)5-6-27-26(30)9-12-31(2)25(10-13-32(27,31)38)22-4-7-28(36)40-21-22/h4,7,21,23-27,38H,5-6,8-20H2,1-3H3,(H,33,37)/t23-,24+,25-,26+,27-,30+,31-,32+/m1/s1. The molecule has 0 unspecified atom stereocenters. The average molecular weight is 556 g/mol. The Balaban J connectivity index is 1.06. The van der Waals surface area contributed by atoms with Crippen molar-refractivity contribution in [2.24, 2.45) is 28.6 Å². The molecule has 8 heteroatoms. The Labute approximate surface area is 238 Å². The molecule has 2 N–H and O–H groups in total. The van der Waals surface area contributed by atoms with Crippen molar-refractivity contribution in [1.29, 1.82) is 0 Å². The summed E-state index contributed by atoms with van der Waals surface area (Å²) in [6.45, 7) is 10.2. The number of rotatable bonds is 5. The molecule has 222 valence electrons. The maximum Gasteiger partial charge on any atom is 0.407 e. The van der Waals surface area contributed by atoms with E-state index in [2.05, 4.69) is 36.0 Å². The first-order valence-electron chi connectivity index (χ1n) is 15.8. The zero-order chi connectivity index (χ0) is 28.1. The van der Waals surface area contributed by atoms with Gasteiger partial charge in [-0.1, -0.05) is 13.8 Å². The van der Waals surface area contributed by atoms with Gasteiger partial charge in [0.2, 0.25) is 0 Å². The topological polar surface area (TPSA) is 95.3 Å². The van der Waals surface area contributed by atoms with Gasteiger partial charge >= 0.3 is 11.7 Å². The zero-order valence-corrected chi connectivity index (χ0v) is 24.7. The number of hydrogen-bond acceptors (Lipinski definition) is 7. The Morgan fingerprint density at radius 1 is 1.05 bits per heavy atom. The van der Waals surface area contributed by atoms with Gasteiger partial charge in [0, 0.05) is 50.2 Å². The van der Waals surface area contributed by atoms with Crippen molar-refractivity contribution >= 4 is 6.09 Å². The lowest BCUT2D eigenvalue weighted by atomic mass is 9.43. The molecular formula is C32H49N3O5. The highest BCUT2D eigenvalue weighted by Crippen LogP contribution is 2.70. The molecule has 0 bridgehead atoms. The molecule has 0 aromatic carbocycles. The molecule has 0 spiro atoms. The Morgan fingerprint density at radius 2 is 1.85 bits per heavy atom. The van der Waals surface area contributed by atoms with E-state index in [1.54, 1.807) is 6.26 Å². The fraction of sp³-hybridized carbons (Fsp3) is 0.812. The largest absolute Gasteiger partial charge is 0.448 e. The summed E-state index contributed by atoms with van der Waals surface area (Å²) in [5, 5.41) is 15.6. The fourth-order valence-corrected chi connectivity index (χ4v) is 10.0. The minimum atomic E-state index is -0.687. The van der Waals surface area contributed by atoms with Crippen molar-refractivity contribution in [3.63, 3.8) is 0 Å². The second-order valence-corrected chi connectivity index (χ2v) is 14.2. The molecule has 5 aliphatic rings. The number of carbonyl (C=O) groups is 1. The van der Waals surface area contributed by atoms with Gasteiger partial charge in [0.15, 0.2) is 0 Å². The summed E-state index contributed by atoms with van der Waals surface area (Å²) in [6.07, 6.45) is 10.5. The molecule has 4 aliphatic carbocycles. The number of alkyl carbamates (subject to hydrolysis) is 1. The van der Waals surface area contributed by atoms with Crippen LogP contribution in [0.2, 0.25) is 0 Å². The smallest absolute Gasteiger partial charge is 0.407 e. The first-order valence-corrected chi connectivity index (χ1v) is 15.8. The lowest BCUT2D eigenvalue weighted by molar-refractivity contribution is -0.202. The van der Waals surface area contributed by atoms with Gasteiger partial charge in [-0.25, -0.2) is 9.59 Å². The van der Waals surface area contributed by atoms with E-state index >= 15 is 0 Å². The van der Waals surface area contributed by atoms with E-state index < -0.39 is 5.60 Å². The van der Waals surface area contributed by atoms with E-state index in [0.29, 0.717) is 24.4 Å². The Morgan fingerprint density at radius 3 is 2.60 bits per heavy atom. The summed E-state index contributed by atoms with van der Waals surface area (Å²) in [5.41, 5.74) is 0.0396. The molecule has 5 fully saturated rings. The van der Waals surface area contributed by atoms with Crippen molar-refractivity contribution in [3.8, 4) is 0 Å². The third-order valence-corrected chi connectivity index (χ3v) is 12.5. The summed E-state index contributed by atoms with van der Waals surface area (Å²) < 4.78 is 10.8. The third-order valence-electron chi connectivity index (χ3n) is 12.5. The predicted octanol–water partition coefficient (Wildman–Crippen LogP) is 4.22. The first kappa shape index (κ1) is 28.2. The van der Waals surface area contributed by atoms with Gasteiger partial charge < -0.3 is 24.5 Å². The summed E-state index contributed by atoms with van der Waals surface area (Å²) in [7, 11) is 2.15. The summed E-state index contributed by atoms with van der Waals surface area (Å²) in [5.74, 6) is 1.59. The number of ether oxygens (including phenoxy) is 1. The first-order chi connectivity index (χ1) is 19.1. The maximum absolute atomic E-state index is 12.6. The molecule has 1 amide bonds. The van der Waals surface area contributed by atoms with E-state index in [-0.39, 0.29) is 34.5 Å². The zero-order valence-electron chi connectivity index (χ0n) is 24.7. The number of nitrogens with one attached hydrogen (secondary N) is 1. The average Bonchev–Trinajstić information content (AvgIpc) is 3.21. The number of amides is 1. The van der Waals surface area contributed by atoms with Crippen LogP contribution in [0, 0.1) is 28.6 Å². The molecule has 1 aromatic rings. The Hall–Kier alpha value is -1.90. The second-order valence-electron chi connectivity index (χ2n) is 14.2. The van der Waals surface area contributed by atoms with Gasteiger partial charge in [-0.2, -0.15) is 0 Å². The third kappa shape index (κ3) is 4.82. The molecule has 8 nitrogen and oxygen atoms in total. The van der Waals surface area contributed by atoms with Gasteiger partial charge in [-0.3, -0.25) is 4.90 Å². The van der Waals surface area contributed by atoms with Crippen LogP contribution in [-0.4, -0.2) is 79.0 Å². The van der Waals surface area contributed by atoms with Crippen LogP contribution in [0.4, 0.5) is 4.79 Å². The van der Waals surface area contributed by atoms with Crippen molar-refractivity contribution in [2.45, 2.75) is 89.2 Å². The van der Waals surface area contributed by atoms with Gasteiger partial charge in [0.25, 0.3) is 0 Å². The number of nitrogens with zero attached hydrogens (tertiary/aromatic N) is 2. The summed E-state index contributed by atoms with van der Waals surface area (Å²) in [4.78, 5) is 28.9. The number of likely N-dealkylation sites (N-methyl/N-ethyl adjacent to an activating group) is 1. The van der Waals surface area contributed by atoms with Crippen molar-refractivity contribution in [2.75, 3.05) is 46.4 Å². The Kier molecular flexibility index (Phi) is 7.58. The van der Waals surface area contributed by atoms with Crippen LogP contribution < -0.4 is 10.9 Å². The van der Waals surface area contributed by atoms with Crippen molar-refractivity contribution in [3.05, 3.63) is 34.4 Å². The lowest BCUT2D eigenvalue weighted by Gasteiger charge is -2.63. The van der Waals surface area contributed by atoms with Gasteiger partial charge in [0.1, 0.15) is 6.61 Å². The minimum Gasteiger partial charge on any atom is -0.448 e. The van der Waals surface area contributed by atoms with Crippen LogP contribution in [0.25, 0.3) is 0 Å². The van der Waals surface area contributed by atoms with Crippen LogP contribution in [-0.2, 0) is 4.74 Å². The molecule has 0 radical (unpaired) electrons.